The molecule has 23 nitrogen and oxygen atoms in total. The molecule has 3 amide bonds. The zero-order valence-electron chi connectivity index (χ0n) is 49.6. The van der Waals surface area contributed by atoms with Crippen LogP contribution in [0.15, 0.2) is 60.7 Å². The Labute approximate surface area is 532 Å². The normalized spacial score (nSPS) is 16.4. The van der Waals surface area contributed by atoms with Gasteiger partial charge in [-0.25, -0.2) is 40.0 Å². The number of amides is 3. The largest absolute Gasteiger partial charge is 0.524 e. The number of hydrogen-bond acceptors (Lipinski definition) is 14. The van der Waals surface area contributed by atoms with Crippen molar-refractivity contribution >= 4 is 85.7 Å². The van der Waals surface area contributed by atoms with E-state index in [1.54, 1.807) is 0 Å². The summed E-state index contributed by atoms with van der Waals surface area (Å²) >= 11 is 6.80. The Morgan fingerprint density at radius 2 is 1.51 bits per heavy atom. The van der Waals surface area contributed by atoms with Gasteiger partial charge in [0.25, 0.3) is 5.92 Å². The van der Waals surface area contributed by atoms with E-state index in [2.05, 4.69) is 32.3 Å². The molecule has 0 radical (unpaired) electrons. The van der Waals surface area contributed by atoms with Gasteiger partial charge >= 0.3 is 32.1 Å². The Bertz CT molecular complexity index is 4450. The highest BCUT2D eigenvalue weighted by atomic mass is 35.5. The van der Waals surface area contributed by atoms with Gasteiger partial charge in [0.15, 0.2) is 21.3 Å². The predicted octanol–water partition coefficient (Wildman–Crippen LogP) is 8.40. The number of anilines is 1. The van der Waals surface area contributed by atoms with Gasteiger partial charge in [0, 0.05) is 52.3 Å². The van der Waals surface area contributed by atoms with Gasteiger partial charge in [0.1, 0.15) is 52.7 Å². The number of phosphoric acid groups is 1. The molecular weight excluding hydrogens is 1360 g/mol. The van der Waals surface area contributed by atoms with Crippen molar-refractivity contribution in [1.29, 1.82) is 0 Å². The van der Waals surface area contributed by atoms with Gasteiger partial charge in [-0.15, -0.1) is 0 Å². The van der Waals surface area contributed by atoms with Crippen LogP contribution in [0.2, 0.25) is 5.02 Å². The minimum Gasteiger partial charge on any atom is -0.481 e. The number of sulfonamides is 1. The minimum absolute atomic E-state index is 0.0728. The van der Waals surface area contributed by atoms with E-state index < -0.39 is 233 Å². The third kappa shape index (κ3) is 15.5. The number of halogens is 11. The average Bonchev–Trinajstić information content (AvgIpc) is 1.54. The highest BCUT2D eigenvalue weighted by molar-refractivity contribution is 7.93. The number of nitrogens with one attached hydrogen (secondary N) is 2. The fourth-order valence-corrected chi connectivity index (χ4v) is 13.0. The average molecular weight is 1410 g/mol. The van der Waals surface area contributed by atoms with Crippen molar-refractivity contribution < 1.29 is 114 Å². The number of pyridine rings is 1. The fraction of sp³-hybridized carbons (Fsp3) is 0.404. The second-order valence-corrected chi connectivity index (χ2v) is 29.4. The SMILES string of the molecule is CC(C)(CC(=O)N(c1nn(CC(F)(F)F)c2c(-c3ccc(C#CC(C)(C)S(C)(=O)=O)nc3[C@H](Cc3cc(F)cc(F)c3)NC(=O)Cn3nc(C(F)(F)F)c4c3C(F)(F)[C@@H]3CC[C@H]43)ccc(Cl)c12)S(C)(=O)=O)c1c(CC(=O)N[C@@H](CC(=O)O)C(=O)O)cccc1OP(=O)(O)O. The highest BCUT2D eigenvalue weighted by Crippen LogP contribution is 2.64. The number of aliphatic carboxylic acids is 2. The molecule has 1 fully saturated rings. The molecule has 6 aromatic rings. The van der Waals surface area contributed by atoms with E-state index in [1.807, 2.05) is 5.32 Å². The molecule has 3 aromatic heterocycles. The summed E-state index contributed by atoms with van der Waals surface area (Å²) in [6, 6.07) is 5.25. The number of aromatic nitrogens is 5. The molecule has 0 unspecified atom stereocenters. The van der Waals surface area contributed by atoms with Crippen molar-refractivity contribution in [1.82, 2.24) is 35.2 Å². The van der Waals surface area contributed by atoms with E-state index in [-0.39, 0.29) is 37.6 Å². The molecule has 6 N–H and O–H groups in total. The summed E-state index contributed by atoms with van der Waals surface area (Å²) in [4.78, 5) is 90.5. The molecule has 506 valence electrons. The molecule has 4 atom stereocenters. The smallest absolute Gasteiger partial charge is 0.481 e. The van der Waals surface area contributed by atoms with Crippen LogP contribution < -0.4 is 19.5 Å². The first-order valence-electron chi connectivity index (χ1n) is 27.5. The number of carboxylic acids is 2. The van der Waals surface area contributed by atoms with Crippen LogP contribution >= 0.6 is 19.4 Å². The maximum Gasteiger partial charge on any atom is 0.524 e. The van der Waals surface area contributed by atoms with Crippen LogP contribution in [0.3, 0.4) is 0 Å². The van der Waals surface area contributed by atoms with Crippen LogP contribution in [0, 0.1) is 29.4 Å². The number of fused-ring (bicyclic) bond motifs is 4. The number of benzene rings is 3. The zero-order chi connectivity index (χ0) is 70.1. The number of phosphoric ester groups is 1. The molecule has 3 aromatic carbocycles. The summed E-state index contributed by atoms with van der Waals surface area (Å²) in [5.41, 5.74) is -9.57. The van der Waals surface area contributed by atoms with Gasteiger partial charge in [-0.2, -0.15) is 49.6 Å². The standard InChI is InChI=1S/C57H54ClF10N8O15PS2/c1-53(2,46-28(8-7-9-39(46)91-92(84,85)86)21-40(77)71-38(52(82)83)23-43(80)81)24-42(79)76(94(6,89)90)51-45-36(58)15-13-33(48(45)75(73-51)26-55(61,62)63)32-11-10-31(16-17-54(3,4)93(5,87)88)69-47(32)37(20-27-18-29(59)22-30(60)19-27)70-41(78)25-74-50-44(49(72-74)57(66,67)68)34-12-14-35(34)56(50,64)65/h7-11,13,15,18-19,22,34-35,37-38H,12,14,20-21,23-26H2,1-6H3,(H,70,78)(H,71,77)(H,80,81)(H,82,83)(H2,84,85,86)/t34-,35+,37-,38-/m0/s1. The summed E-state index contributed by atoms with van der Waals surface area (Å²) in [5.74, 6) is -13.8. The molecule has 0 aliphatic heterocycles. The van der Waals surface area contributed by atoms with Crippen molar-refractivity contribution in [3.63, 3.8) is 0 Å². The number of alkyl halides is 8. The van der Waals surface area contributed by atoms with Crippen LogP contribution in [0.1, 0.15) is 110 Å². The Hall–Kier alpha value is -8.16. The second kappa shape index (κ2) is 25.5. The third-order valence-electron chi connectivity index (χ3n) is 15.5. The predicted molar refractivity (Wildman–Crippen MR) is 312 cm³/mol. The molecular formula is C57H54ClF10N8O15PS2. The Morgan fingerprint density at radius 3 is 2.06 bits per heavy atom. The number of carbonyl (C=O) groups excluding carboxylic acids is 3. The molecule has 3 heterocycles. The lowest BCUT2D eigenvalue weighted by Crippen LogP contribution is -2.43. The van der Waals surface area contributed by atoms with Crippen molar-refractivity contribution in [2.45, 2.75) is 126 Å². The lowest BCUT2D eigenvalue weighted by atomic mass is 9.73. The van der Waals surface area contributed by atoms with E-state index >= 15 is 35.5 Å². The number of carboxylic acid groups (broad SMARTS) is 2. The second-order valence-electron chi connectivity index (χ2n) is 23.4. The van der Waals surface area contributed by atoms with Gasteiger partial charge in [-0.05, 0) is 92.5 Å². The van der Waals surface area contributed by atoms with E-state index in [1.165, 1.54) is 13.8 Å². The minimum atomic E-state index is -5.58. The van der Waals surface area contributed by atoms with Crippen LogP contribution in [-0.4, -0.2) is 121 Å². The molecule has 0 saturated heterocycles. The summed E-state index contributed by atoms with van der Waals surface area (Å²) in [6.45, 7) is 1.14. The van der Waals surface area contributed by atoms with E-state index in [0.717, 1.165) is 74.7 Å². The number of nitrogens with zero attached hydrogens (tertiary/aromatic N) is 6. The van der Waals surface area contributed by atoms with Crippen LogP contribution in [0.5, 0.6) is 5.75 Å². The summed E-state index contributed by atoms with van der Waals surface area (Å²) in [5, 5.41) is 29.2. The summed E-state index contributed by atoms with van der Waals surface area (Å²) in [6.07, 6.45) is -13.7. The van der Waals surface area contributed by atoms with Crippen LogP contribution in [0.25, 0.3) is 22.0 Å². The van der Waals surface area contributed by atoms with Gasteiger partial charge in [-0.3, -0.25) is 38.3 Å². The quantitative estimate of drug-likeness (QED) is 0.0211. The van der Waals surface area contributed by atoms with Crippen molar-refractivity contribution in [3.8, 4) is 28.7 Å². The summed E-state index contributed by atoms with van der Waals surface area (Å²) < 4.78 is 220. The molecule has 8 rings (SSSR count). The molecule has 0 bridgehead atoms. The fourth-order valence-electron chi connectivity index (χ4n) is 11.3. The number of hydrogen-bond donors (Lipinski definition) is 6. The van der Waals surface area contributed by atoms with E-state index in [9.17, 15) is 73.7 Å². The lowest BCUT2D eigenvalue weighted by molar-refractivity contribution is -0.147. The number of rotatable bonds is 22. The summed E-state index contributed by atoms with van der Waals surface area (Å²) in [7, 11) is -14.8. The molecule has 1 saturated carbocycles. The maximum absolute atomic E-state index is 16.0. The monoisotopic (exact) mass is 1410 g/mol. The van der Waals surface area contributed by atoms with E-state index in [4.69, 9.17) is 16.1 Å². The number of carbonyl (C=O) groups is 5. The highest BCUT2D eigenvalue weighted by Gasteiger charge is 2.64. The van der Waals surface area contributed by atoms with Gasteiger partial charge < -0.3 is 25.4 Å². The van der Waals surface area contributed by atoms with Crippen molar-refractivity contribution in [2.75, 3.05) is 16.8 Å². The molecule has 37 heteroatoms. The zero-order valence-corrected chi connectivity index (χ0v) is 52.9. The van der Waals surface area contributed by atoms with Crippen LogP contribution in [-0.2, 0) is 91.8 Å². The first-order chi connectivity index (χ1) is 43.1. The Kier molecular flexibility index (Phi) is 19.5. The molecule has 2 aliphatic carbocycles. The Balaban J connectivity index is 1.33. The first-order valence-corrected chi connectivity index (χ1v) is 33.2. The topological polar surface area (TPSA) is 337 Å². The van der Waals surface area contributed by atoms with Gasteiger partial charge in [0.05, 0.1) is 46.8 Å². The Morgan fingerprint density at radius 1 is 0.872 bits per heavy atom. The maximum atomic E-state index is 16.0. The molecule has 94 heavy (non-hydrogen) atoms. The molecule has 2 aliphatic rings. The van der Waals surface area contributed by atoms with Gasteiger partial charge in [0.2, 0.25) is 27.7 Å². The van der Waals surface area contributed by atoms with Crippen molar-refractivity contribution in [2.24, 2.45) is 5.92 Å². The first kappa shape index (κ1) is 71.7. The van der Waals surface area contributed by atoms with E-state index in [0.29, 0.717) is 12.3 Å². The van der Waals surface area contributed by atoms with Crippen molar-refractivity contribution in [3.05, 3.63) is 122 Å². The lowest BCUT2D eigenvalue weighted by Gasteiger charge is -2.34. The number of sulfone groups is 1. The van der Waals surface area contributed by atoms with Gasteiger partial charge in [-0.1, -0.05) is 49.6 Å². The third-order valence-corrected chi connectivity index (χ3v) is 19.3. The molecule has 0 spiro atoms. The van der Waals surface area contributed by atoms with Crippen LogP contribution in [0.4, 0.5) is 49.7 Å².